The van der Waals surface area contributed by atoms with E-state index in [0.29, 0.717) is 37.4 Å². The molecule has 0 atom stereocenters. The van der Waals surface area contributed by atoms with Gasteiger partial charge in [0.25, 0.3) is 5.69 Å². The van der Waals surface area contributed by atoms with E-state index in [2.05, 4.69) is 5.10 Å². The second kappa shape index (κ2) is 8.79. The molecule has 0 saturated carbocycles. The Labute approximate surface area is 185 Å². The average molecular weight is 462 g/mol. The van der Waals surface area contributed by atoms with E-state index in [9.17, 15) is 24.1 Å². The first kappa shape index (κ1) is 21.5. The third-order valence-electron chi connectivity index (χ3n) is 5.09. The Hall–Kier alpha value is -3.73. The summed E-state index contributed by atoms with van der Waals surface area (Å²) in [5.74, 6) is -1.58. The summed E-state index contributed by atoms with van der Waals surface area (Å²) in [5.41, 5.74) is 0.746. The molecule has 0 spiro atoms. The molecule has 1 fully saturated rings. The Bertz CT molecular complexity index is 1220. The number of carbonyl (C=O) groups excluding carboxylic acids is 1. The van der Waals surface area contributed by atoms with Crippen molar-refractivity contribution >= 4 is 28.9 Å². The largest absolute Gasteiger partial charge is 0.437 e. The summed E-state index contributed by atoms with van der Waals surface area (Å²) in [6, 6.07) is 9.73. The van der Waals surface area contributed by atoms with E-state index in [4.69, 9.17) is 16.0 Å². The lowest BCUT2D eigenvalue weighted by molar-refractivity contribution is -0.384. The quantitative estimate of drug-likeness (QED) is 0.423. The van der Waals surface area contributed by atoms with Gasteiger partial charge in [-0.1, -0.05) is 11.6 Å². The van der Waals surface area contributed by atoms with Crippen molar-refractivity contribution in [3.05, 3.63) is 74.0 Å². The van der Waals surface area contributed by atoms with Crippen molar-refractivity contribution in [3.8, 4) is 11.5 Å². The van der Waals surface area contributed by atoms with Crippen LogP contribution in [-0.2, 0) is 11.3 Å². The van der Waals surface area contributed by atoms with Crippen molar-refractivity contribution in [2.75, 3.05) is 31.1 Å². The van der Waals surface area contributed by atoms with E-state index < -0.39 is 16.5 Å². The number of carbonyl (C=O) groups is 1. The first-order valence-corrected chi connectivity index (χ1v) is 10.00. The van der Waals surface area contributed by atoms with Gasteiger partial charge < -0.3 is 14.2 Å². The summed E-state index contributed by atoms with van der Waals surface area (Å²) < 4.78 is 19.1. The van der Waals surface area contributed by atoms with E-state index in [1.807, 2.05) is 4.90 Å². The number of benzene rings is 2. The Kier molecular flexibility index (Phi) is 5.91. The normalized spacial score (nSPS) is 13.9. The van der Waals surface area contributed by atoms with Crippen LogP contribution >= 0.6 is 11.6 Å². The van der Waals surface area contributed by atoms with Crippen molar-refractivity contribution in [1.29, 1.82) is 0 Å². The molecular weight excluding hydrogens is 445 g/mol. The molecule has 3 aromatic rings. The van der Waals surface area contributed by atoms with Crippen LogP contribution in [0.25, 0.3) is 11.5 Å². The Morgan fingerprint density at radius 3 is 2.50 bits per heavy atom. The molecule has 1 aliphatic rings. The highest BCUT2D eigenvalue weighted by atomic mass is 35.5. The van der Waals surface area contributed by atoms with E-state index >= 15 is 0 Å². The molecule has 0 unspecified atom stereocenters. The van der Waals surface area contributed by atoms with Gasteiger partial charge in [0.15, 0.2) is 0 Å². The molecule has 1 amide bonds. The number of halogens is 2. The van der Waals surface area contributed by atoms with Gasteiger partial charge in [-0.2, -0.15) is 4.68 Å². The molecule has 0 radical (unpaired) electrons. The summed E-state index contributed by atoms with van der Waals surface area (Å²) >= 11 is 5.87. The minimum absolute atomic E-state index is 0.0114. The number of nitro benzene ring substituents is 1. The van der Waals surface area contributed by atoms with E-state index in [1.165, 1.54) is 30.3 Å². The molecule has 0 N–H and O–H groups in total. The van der Waals surface area contributed by atoms with Gasteiger partial charge in [0, 0.05) is 42.8 Å². The van der Waals surface area contributed by atoms with Crippen LogP contribution in [0.3, 0.4) is 0 Å². The molecule has 0 bridgehead atoms. The minimum Gasteiger partial charge on any atom is -0.388 e. The number of hydrogen-bond donors (Lipinski definition) is 0. The maximum Gasteiger partial charge on any atom is 0.437 e. The van der Waals surface area contributed by atoms with Gasteiger partial charge in [-0.3, -0.25) is 14.9 Å². The van der Waals surface area contributed by atoms with Crippen molar-refractivity contribution in [2.24, 2.45) is 0 Å². The van der Waals surface area contributed by atoms with Gasteiger partial charge in [-0.15, -0.1) is 5.10 Å². The number of nitrogens with zero attached hydrogens (tertiary/aromatic N) is 5. The predicted octanol–water partition coefficient (Wildman–Crippen LogP) is 2.55. The number of nitro groups is 1. The van der Waals surface area contributed by atoms with Crippen LogP contribution in [0.15, 0.2) is 51.7 Å². The fraction of sp³-hybridized carbons (Fsp3) is 0.250. The van der Waals surface area contributed by atoms with Gasteiger partial charge in [0.2, 0.25) is 11.8 Å². The lowest BCUT2D eigenvalue weighted by atomic mass is 10.2. The van der Waals surface area contributed by atoms with Crippen LogP contribution in [-0.4, -0.2) is 51.7 Å². The zero-order valence-electron chi connectivity index (χ0n) is 16.6. The molecule has 32 heavy (non-hydrogen) atoms. The maximum atomic E-state index is 13.1. The van der Waals surface area contributed by atoms with Crippen LogP contribution < -0.4 is 10.7 Å². The predicted molar refractivity (Wildman–Crippen MR) is 113 cm³/mol. The standard InChI is InChI=1S/C20H17ClFN5O5/c21-14-3-6-16(17(11-14)27(30)31)24-7-9-25(10-8-24)18(28)12-26-20(29)32-19(23-26)13-1-4-15(22)5-2-13/h1-6,11H,7-10,12H2. The Morgan fingerprint density at radius 1 is 1.16 bits per heavy atom. The maximum absolute atomic E-state index is 13.1. The summed E-state index contributed by atoms with van der Waals surface area (Å²) in [6.45, 7) is 1.07. The van der Waals surface area contributed by atoms with Crippen molar-refractivity contribution in [2.45, 2.75) is 6.54 Å². The second-order valence-corrected chi connectivity index (χ2v) is 7.53. The molecule has 1 aromatic heterocycles. The van der Waals surface area contributed by atoms with Crippen molar-refractivity contribution in [1.82, 2.24) is 14.7 Å². The number of aromatic nitrogens is 2. The average Bonchev–Trinajstić information content (AvgIpc) is 3.14. The molecule has 2 aromatic carbocycles. The number of anilines is 1. The first-order chi connectivity index (χ1) is 15.3. The summed E-state index contributed by atoms with van der Waals surface area (Å²) in [7, 11) is 0. The van der Waals surface area contributed by atoms with Crippen LogP contribution in [0.1, 0.15) is 0 Å². The molecule has 1 saturated heterocycles. The van der Waals surface area contributed by atoms with E-state index in [-0.39, 0.29) is 29.1 Å². The van der Waals surface area contributed by atoms with Gasteiger partial charge in [0.1, 0.15) is 18.0 Å². The highest BCUT2D eigenvalue weighted by molar-refractivity contribution is 6.30. The van der Waals surface area contributed by atoms with E-state index in [1.54, 1.807) is 17.0 Å². The molecular formula is C20H17ClFN5O5. The number of amides is 1. The van der Waals surface area contributed by atoms with Crippen LogP contribution in [0, 0.1) is 15.9 Å². The molecule has 10 nitrogen and oxygen atoms in total. The van der Waals surface area contributed by atoms with Crippen LogP contribution in [0.5, 0.6) is 0 Å². The van der Waals surface area contributed by atoms with Gasteiger partial charge in [-0.25, -0.2) is 9.18 Å². The van der Waals surface area contributed by atoms with E-state index in [0.717, 1.165) is 4.68 Å². The minimum atomic E-state index is -0.798. The van der Waals surface area contributed by atoms with Crippen LogP contribution in [0.2, 0.25) is 5.02 Å². The zero-order valence-corrected chi connectivity index (χ0v) is 17.4. The lowest BCUT2D eigenvalue weighted by Gasteiger charge is -2.35. The topological polar surface area (TPSA) is 115 Å². The highest BCUT2D eigenvalue weighted by Gasteiger charge is 2.27. The molecule has 0 aliphatic carbocycles. The first-order valence-electron chi connectivity index (χ1n) is 9.62. The fourth-order valence-corrected chi connectivity index (χ4v) is 3.62. The molecule has 166 valence electrons. The molecule has 1 aliphatic heterocycles. The number of hydrogen-bond acceptors (Lipinski definition) is 7. The number of rotatable bonds is 5. The van der Waals surface area contributed by atoms with Gasteiger partial charge in [0.05, 0.1) is 4.92 Å². The summed E-state index contributed by atoms with van der Waals surface area (Å²) in [6.07, 6.45) is 0. The highest BCUT2D eigenvalue weighted by Crippen LogP contribution is 2.31. The molecule has 2 heterocycles. The van der Waals surface area contributed by atoms with Crippen molar-refractivity contribution < 1.29 is 18.5 Å². The Balaban J connectivity index is 1.41. The summed E-state index contributed by atoms with van der Waals surface area (Å²) in [5, 5.41) is 15.6. The monoisotopic (exact) mass is 461 g/mol. The zero-order chi connectivity index (χ0) is 22.8. The smallest absolute Gasteiger partial charge is 0.388 e. The fourth-order valence-electron chi connectivity index (χ4n) is 3.45. The van der Waals surface area contributed by atoms with Gasteiger partial charge >= 0.3 is 5.76 Å². The second-order valence-electron chi connectivity index (χ2n) is 7.10. The van der Waals surface area contributed by atoms with Gasteiger partial charge in [-0.05, 0) is 36.4 Å². The third-order valence-corrected chi connectivity index (χ3v) is 5.32. The Morgan fingerprint density at radius 2 is 1.84 bits per heavy atom. The van der Waals surface area contributed by atoms with Crippen LogP contribution in [0.4, 0.5) is 15.8 Å². The lowest BCUT2D eigenvalue weighted by Crippen LogP contribution is -2.50. The third kappa shape index (κ3) is 4.47. The number of piperazine rings is 1. The molecule has 12 heteroatoms. The van der Waals surface area contributed by atoms with Crippen molar-refractivity contribution in [3.63, 3.8) is 0 Å². The molecule has 4 rings (SSSR count). The SMILES string of the molecule is O=C(Cn1nc(-c2ccc(F)cc2)oc1=O)N1CCN(c2ccc(Cl)cc2[N+](=O)[O-])CC1. The summed E-state index contributed by atoms with van der Waals surface area (Å²) in [4.78, 5) is 38.9.